The molecule has 1 aliphatic heterocycles. The summed E-state index contributed by atoms with van der Waals surface area (Å²) >= 11 is 0. The van der Waals surface area contributed by atoms with E-state index in [2.05, 4.69) is 0 Å². The lowest BCUT2D eigenvalue weighted by Crippen LogP contribution is -2.40. The highest BCUT2D eigenvalue weighted by molar-refractivity contribution is 5.72. The van der Waals surface area contributed by atoms with Crippen LogP contribution < -0.4 is 0 Å². The monoisotopic (exact) mass is 282 g/mol. The van der Waals surface area contributed by atoms with Gasteiger partial charge in [0.25, 0.3) is 0 Å². The van der Waals surface area contributed by atoms with E-state index in [0.29, 0.717) is 13.2 Å². The van der Waals surface area contributed by atoms with Crippen molar-refractivity contribution in [2.45, 2.75) is 63.6 Å². The molecule has 4 heteroatoms. The van der Waals surface area contributed by atoms with E-state index in [-0.39, 0.29) is 24.1 Å². The van der Waals surface area contributed by atoms with E-state index < -0.39 is 0 Å². The van der Waals surface area contributed by atoms with Gasteiger partial charge in [-0.2, -0.15) is 0 Å². The maximum absolute atomic E-state index is 12.0. The summed E-state index contributed by atoms with van der Waals surface area (Å²) in [7, 11) is 0. The molecule has 0 radical (unpaired) electrons. The average molecular weight is 282 g/mol. The summed E-state index contributed by atoms with van der Waals surface area (Å²) in [6.45, 7) is 1.15. The number of carbonyl (C=O) groups excluding carboxylic acids is 1. The van der Waals surface area contributed by atoms with Crippen LogP contribution in [0, 0.1) is 17.8 Å². The smallest absolute Gasteiger partial charge is 0.309 e. The molecule has 0 amide bonds. The van der Waals surface area contributed by atoms with Crippen molar-refractivity contribution in [2.24, 2.45) is 17.8 Å². The fourth-order valence-electron chi connectivity index (χ4n) is 3.94. The van der Waals surface area contributed by atoms with Gasteiger partial charge in [0, 0.05) is 0 Å². The van der Waals surface area contributed by atoms with Gasteiger partial charge in [0.15, 0.2) is 0 Å². The second-order valence-corrected chi connectivity index (χ2v) is 6.78. The lowest BCUT2D eigenvalue weighted by Gasteiger charge is -2.37. The van der Waals surface area contributed by atoms with Gasteiger partial charge in [-0.1, -0.05) is 0 Å². The van der Waals surface area contributed by atoms with E-state index in [4.69, 9.17) is 9.47 Å². The first-order valence-corrected chi connectivity index (χ1v) is 8.18. The fourth-order valence-corrected chi connectivity index (χ4v) is 3.94. The SMILES string of the molecule is O=C(OC1COC1)C1CCC(C2CCC(O)CC2)CC1. The normalized spacial score (nSPS) is 39.0. The summed E-state index contributed by atoms with van der Waals surface area (Å²) in [5.41, 5.74) is 0. The maximum atomic E-state index is 12.0. The topological polar surface area (TPSA) is 55.8 Å². The van der Waals surface area contributed by atoms with Crippen molar-refractivity contribution >= 4 is 5.97 Å². The van der Waals surface area contributed by atoms with Gasteiger partial charge in [0.1, 0.15) is 6.10 Å². The van der Waals surface area contributed by atoms with E-state index >= 15 is 0 Å². The summed E-state index contributed by atoms with van der Waals surface area (Å²) in [6, 6.07) is 0. The van der Waals surface area contributed by atoms with Crippen molar-refractivity contribution in [1.29, 1.82) is 0 Å². The number of aliphatic hydroxyl groups is 1. The fraction of sp³-hybridized carbons (Fsp3) is 0.938. The number of rotatable bonds is 3. The first-order chi connectivity index (χ1) is 9.72. The number of aliphatic hydroxyl groups excluding tert-OH is 1. The van der Waals surface area contributed by atoms with Crippen LogP contribution in [0.25, 0.3) is 0 Å². The van der Waals surface area contributed by atoms with Crippen LogP contribution in [0.2, 0.25) is 0 Å². The predicted molar refractivity (Wildman–Crippen MR) is 74.1 cm³/mol. The highest BCUT2D eigenvalue weighted by Gasteiger charge is 2.34. The summed E-state index contributed by atoms with van der Waals surface area (Å²) in [6.07, 6.45) is 8.49. The van der Waals surface area contributed by atoms with Gasteiger partial charge in [-0.25, -0.2) is 0 Å². The Morgan fingerprint density at radius 2 is 1.45 bits per heavy atom. The quantitative estimate of drug-likeness (QED) is 0.807. The summed E-state index contributed by atoms with van der Waals surface area (Å²) in [5.74, 6) is 1.64. The zero-order valence-corrected chi connectivity index (χ0v) is 12.1. The Labute approximate surface area is 120 Å². The van der Waals surface area contributed by atoms with Crippen molar-refractivity contribution in [1.82, 2.24) is 0 Å². The van der Waals surface area contributed by atoms with E-state index in [1.165, 1.54) is 12.8 Å². The Balaban J connectivity index is 1.41. The molecular weight excluding hydrogens is 256 g/mol. The molecule has 3 fully saturated rings. The van der Waals surface area contributed by atoms with Crippen LogP contribution in [0.1, 0.15) is 51.4 Å². The zero-order chi connectivity index (χ0) is 13.9. The molecule has 2 saturated carbocycles. The lowest BCUT2D eigenvalue weighted by molar-refractivity contribution is -0.178. The number of hydrogen-bond acceptors (Lipinski definition) is 4. The van der Waals surface area contributed by atoms with Gasteiger partial charge < -0.3 is 14.6 Å². The summed E-state index contributed by atoms with van der Waals surface area (Å²) in [4.78, 5) is 12.0. The van der Waals surface area contributed by atoms with Gasteiger partial charge in [-0.05, 0) is 63.2 Å². The first-order valence-electron chi connectivity index (χ1n) is 8.18. The Bertz CT molecular complexity index is 323. The predicted octanol–water partition coefficient (Wildman–Crippen LogP) is 2.29. The van der Waals surface area contributed by atoms with Crippen LogP contribution in [0.15, 0.2) is 0 Å². The molecule has 4 nitrogen and oxygen atoms in total. The first kappa shape index (κ1) is 14.3. The van der Waals surface area contributed by atoms with Crippen molar-refractivity contribution in [3.05, 3.63) is 0 Å². The molecule has 0 aromatic rings. The van der Waals surface area contributed by atoms with Crippen molar-refractivity contribution in [3.8, 4) is 0 Å². The second-order valence-electron chi connectivity index (χ2n) is 6.78. The minimum absolute atomic E-state index is 0.00387. The van der Waals surface area contributed by atoms with E-state index in [9.17, 15) is 9.90 Å². The Hall–Kier alpha value is -0.610. The molecule has 0 bridgehead atoms. The van der Waals surface area contributed by atoms with Crippen LogP contribution in [-0.2, 0) is 14.3 Å². The number of carbonyl (C=O) groups is 1. The van der Waals surface area contributed by atoms with Crippen molar-refractivity contribution < 1.29 is 19.4 Å². The Morgan fingerprint density at radius 3 is 1.95 bits per heavy atom. The van der Waals surface area contributed by atoms with Crippen molar-refractivity contribution in [3.63, 3.8) is 0 Å². The minimum atomic E-state index is -0.0673. The molecule has 0 aromatic carbocycles. The number of ether oxygens (including phenoxy) is 2. The molecule has 1 saturated heterocycles. The molecule has 2 aliphatic carbocycles. The number of hydrogen-bond donors (Lipinski definition) is 1. The Morgan fingerprint density at radius 1 is 0.900 bits per heavy atom. The molecule has 114 valence electrons. The van der Waals surface area contributed by atoms with Gasteiger partial charge in [-0.15, -0.1) is 0 Å². The van der Waals surface area contributed by atoms with E-state index in [1.807, 2.05) is 0 Å². The highest BCUT2D eigenvalue weighted by Crippen LogP contribution is 2.40. The molecule has 1 heterocycles. The van der Waals surface area contributed by atoms with Gasteiger partial charge in [-0.3, -0.25) is 4.79 Å². The van der Waals surface area contributed by atoms with Crippen LogP contribution in [0.5, 0.6) is 0 Å². The third-order valence-corrected chi connectivity index (χ3v) is 5.40. The van der Waals surface area contributed by atoms with Gasteiger partial charge in [0.2, 0.25) is 0 Å². The zero-order valence-electron chi connectivity index (χ0n) is 12.1. The Kier molecular flexibility index (Phi) is 4.61. The minimum Gasteiger partial charge on any atom is -0.457 e. The standard InChI is InChI=1S/C16H26O4/c17-14-7-5-12(6-8-14)11-1-3-13(4-2-11)16(18)20-15-9-19-10-15/h11-15,17H,1-10H2. The molecule has 0 spiro atoms. The molecule has 0 atom stereocenters. The van der Waals surface area contributed by atoms with Crippen LogP contribution in [-0.4, -0.2) is 36.5 Å². The molecule has 3 rings (SSSR count). The summed E-state index contributed by atoms with van der Waals surface area (Å²) < 4.78 is 10.5. The average Bonchev–Trinajstić information content (AvgIpc) is 2.44. The second kappa shape index (κ2) is 6.44. The molecule has 0 aromatic heterocycles. The molecule has 0 unspecified atom stereocenters. The lowest BCUT2D eigenvalue weighted by atomic mass is 9.70. The molecule has 20 heavy (non-hydrogen) atoms. The van der Waals surface area contributed by atoms with Crippen molar-refractivity contribution in [2.75, 3.05) is 13.2 Å². The molecular formula is C16H26O4. The largest absolute Gasteiger partial charge is 0.457 e. The van der Waals surface area contributed by atoms with E-state index in [1.54, 1.807) is 0 Å². The maximum Gasteiger partial charge on any atom is 0.309 e. The molecule has 3 aliphatic rings. The van der Waals surface area contributed by atoms with Crippen LogP contribution >= 0.6 is 0 Å². The highest BCUT2D eigenvalue weighted by atomic mass is 16.6. The van der Waals surface area contributed by atoms with E-state index in [0.717, 1.165) is 50.4 Å². The van der Waals surface area contributed by atoms with Crippen LogP contribution in [0.3, 0.4) is 0 Å². The number of esters is 1. The van der Waals surface area contributed by atoms with Crippen LogP contribution in [0.4, 0.5) is 0 Å². The van der Waals surface area contributed by atoms with Gasteiger partial charge in [0.05, 0.1) is 25.2 Å². The third kappa shape index (κ3) is 3.34. The molecule has 1 N–H and O–H groups in total. The van der Waals surface area contributed by atoms with Gasteiger partial charge >= 0.3 is 5.97 Å². The third-order valence-electron chi connectivity index (χ3n) is 5.40. The summed E-state index contributed by atoms with van der Waals surface area (Å²) in [5, 5.41) is 9.58.